The summed E-state index contributed by atoms with van der Waals surface area (Å²) < 4.78 is 36.0. The first-order chi connectivity index (χ1) is 18.2. The SMILES string of the molecule is COc1ccc(N(CC(O)Cn2c3ccc(Cl)cc3c3cc(Cl)ccc32)S(=O)(=O)c2ccc(C)cc2)cc1. The zero-order chi connectivity index (χ0) is 27.0. The molecule has 0 saturated carbocycles. The summed E-state index contributed by atoms with van der Waals surface area (Å²) in [7, 11) is -2.43. The molecule has 0 amide bonds. The third-order valence-corrected chi connectivity index (χ3v) is 8.81. The van der Waals surface area contributed by atoms with Gasteiger partial charge in [0.15, 0.2) is 0 Å². The van der Waals surface area contributed by atoms with E-state index in [9.17, 15) is 13.5 Å². The predicted octanol–water partition coefficient (Wildman–Crippen LogP) is 6.67. The number of aromatic nitrogens is 1. The molecule has 0 fully saturated rings. The molecule has 1 heterocycles. The second-order valence-electron chi connectivity index (χ2n) is 9.13. The van der Waals surface area contributed by atoms with Crippen LogP contribution in [-0.2, 0) is 16.6 Å². The molecule has 0 bridgehead atoms. The van der Waals surface area contributed by atoms with Gasteiger partial charge in [0.1, 0.15) is 5.75 Å². The Balaban J connectivity index is 1.54. The lowest BCUT2D eigenvalue weighted by atomic mass is 10.1. The van der Waals surface area contributed by atoms with E-state index in [0.717, 1.165) is 27.4 Å². The molecular weight excluding hydrogens is 543 g/mol. The Kier molecular flexibility index (Phi) is 7.29. The van der Waals surface area contributed by atoms with E-state index >= 15 is 0 Å². The largest absolute Gasteiger partial charge is 0.497 e. The molecule has 0 aliphatic rings. The lowest BCUT2D eigenvalue weighted by Crippen LogP contribution is -2.39. The van der Waals surface area contributed by atoms with E-state index < -0.39 is 16.1 Å². The Morgan fingerprint density at radius 2 is 1.42 bits per heavy atom. The van der Waals surface area contributed by atoms with Gasteiger partial charge in [-0.25, -0.2) is 8.42 Å². The summed E-state index contributed by atoms with van der Waals surface area (Å²) in [6, 6.07) is 24.5. The van der Waals surface area contributed by atoms with Gasteiger partial charge in [-0.1, -0.05) is 40.9 Å². The number of aliphatic hydroxyl groups is 1. The summed E-state index contributed by atoms with van der Waals surface area (Å²) in [6.45, 7) is 1.89. The molecule has 0 aliphatic carbocycles. The molecule has 6 nitrogen and oxygen atoms in total. The van der Waals surface area contributed by atoms with Crippen molar-refractivity contribution in [3.8, 4) is 5.75 Å². The van der Waals surface area contributed by atoms with Gasteiger partial charge in [-0.3, -0.25) is 4.31 Å². The van der Waals surface area contributed by atoms with Crippen LogP contribution in [0.4, 0.5) is 5.69 Å². The number of sulfonamides is 1. The van der Waals surface area contributed by atoms with Gasteiger partial charge in [-0.2, -0.15) is 0 Å². The average molecular weight is 570 g/mol. The summed E-state index contributed by atoms with van der Waals surface area (Å²) in [5.41, 5.74) is 3.10. The number of benzene rings is 4. The van der Waals surface area contributed by atoms with Gasteiger partial charge in [0.25, 0.3) is 10.0 Å². The molecule has 5 aromatic rings. The predicted molar refractivity (Wildman–Crippen MR) is 154 cm³/mol. The zero-order valence-corrected chi connectivity index (χ0v) is 23.1. The first kappa shape index (κ1) is 26.4. The van der Waals surface area contributed by atoms with Crippen molar-refractivity contribution in [3.63, 3.8) is 0 Å². The highest BCUT2D eigenvalue weighted by Gasteiger charge is 2.28. The molecule has 1 N–H and O–H groups in total. The first-order valence-electron chi connectivity index (χ1n) is 12.0. The van der Waals surface area contributed by atoms with Crippen LogP contribution < -0.4 is 9.04 Å². The Hall–Kier alpha value is -3.23. The molecule has 196 valence electrons. The van der Waals surface area contributed by atoms with Crippen LogP contribution in [0.25, 0.3) is 21.8 Å². The lowest BCUT2D eigenvalue weighted by Gasteiger charge is -2.27. The number of aliphatic hydroxyl groups excluding tert-OH is 1. The number of halogens is 2. The van der Waals surface area contributed by atoms with Gasteiger partial charge in [0.05, 0.1) is 36.9 Å². The van der Waals surface area contributed by atoms with Crippen molar-refractivity contribution >= 4 is 60.7 Å². The number of nitrogens with zero attached hydrogens (tertiary/aromatic N) is 2. The van der Waals surface area contributed by atoms with E-state index in [0.29, 0.717) is 21.5 Å². The van der Waals surface area contributed by atoms with Crippen molar-refractivity contribution in [2.45, 2.75) is 24.5 Å². The van der Waals surface area contributed by atoms with Gasteiger partial charge < -0.3 is 14.4 Å². The summed E-state index contributed by atoms with van der Waals surface area (Å²) in [5, 5.41) is 14.3. The van der Waals surface area contributed by atoms with Crippen molar-refractivity contribution < 1.29 is 18.3 Å². The van der Waals surface area contributed by atoms with Crippen LogP contribution in [0.15, 0.2) is 89.8 Å². The fourth-order valence-corrected chi connectivity index (χ4v) is 6.48. The summed E-state index contributed by atoms with van der Waals surface area (Å²) >= 11 is 12.6. The van der Waals surface area contributed by atoms with Crippen molar-refractivity contribution in [1.29, 1.82) is 0 Å². The molecule has 1 unspecified atom stereocenters. The minimum Gasteiger partial charge on any atom is -0.497 e. The number of ether oxygens (including phenoxy) is 1. The van der Waals surface area contributed by atoms with Crippen LogP contribution in [0.5, 0.6) is 5.75 Å². The first-order valence-corrected chi connectivity index (χ1v) is 14.2. The fraction of sp³-hybridized carbons (Fsp3) is 0.172. The third-order valence-electron chi connectivity index (χ3n) is 6.53. The maximum atomic E-state index is 13.8. The number of hydrogen-bond donors (Lipinski definition) is 1. The molecule has 0 saturated heterocycles. The zero-order valence-electron chi connectivity index (χ0n) is 20.8. The van der Waals surface area contributed by atoms with Crippen molar-refractivity contribution in [2.75, 3.05) is 18.0 Å². The molecular formula is C29H26Cl2N2O4S. The van der Waals surface area contributed by atoms with Gasteiger partial charge >= 0.3 is 0 Å². The van der Waals surface area contributed by atoms with Gasteiger partial charge in [0.2, 0.25) is 0 Å². The smallest absolute Gasteiger partial charge is 0.264 e. The Labute approximate surface area is 231 Å². The van der Waals surface area contributed by atoms with Gasteiger partial charge in [-0.15, -0.1) is 0 Å². The Morgan fingerprint density at radius 1 is 0.868 bits per heavy atom. The molecule has 0 radical (unpaired) electrons. The van der Waals surface area contributed by atoms with E-state index in [1.807, 2.05) is 35.8 Å². The lowest BCUT2D eigenvalue weighted by molar-refractivity contribution is 0.166. The van der Waals surface area contributed by atoms with Crippen LogP contribution in [0, 0.1) is 6.92 Å². The molecule has 9 heteroatoms. The fourth-order valence-electron chi connectivity index (χ4n) is 4.63. The van der Waals surface area contributed by atoms with Crippen LogP contribution in [0.3, 0.4) is 0 Å². The average Bonchev–Trinajstić information content (AvgIpc) is 3.19. The molecule has 1 atom stereocenters. The van der Waals surface area contributed by atoms with E-state index in [1.54, 1.807) is 67.8 Å². The highest BCUT2D eigenvalue weighted by molar-refractivity contribution is 7.92. The van der Waals surface area contributed by atoms with E-state index in [-0.39, 0.29) is 18.0 Å². The molecule has 5 rings (SSSR count). The summed E-state index contributed by atoms with van der Waals surface area (Å²) in [6.07, 6.45) is -1.04. The number of rotatable bonds is 8. The third kappa shape index (κ3) is 5.07. The standard InChI is InChI=1S/C29H26Cl2N2O4S/c1-19-3-11-25(12-4-19)38(35,36)33(22-7-9-24(37-2)10-8-22)18-23(34)17-32-28-13-5-20(30)15-26(28)27-16-21(31)6-14-29(27)32/h3-16,23,34H,17-18H2,1-2H3. The summed E-state index contributed by atoms with van der Waals surface area (Å²) in [4.78, 5) is 0.146. The Bertz CT molecular complexity index is 1660. The normalized spacial score (nSPS) is 12.7. The van der Waals surface area contributed by atoms with Crippen LogP contribution in [-0.4, -0.2) is 37.8 Å². The molecule has 0 spiro atoms. The highest BCUT2D eigenvalue weighted by Crippen LogP contribution is 2.33. The topological polar surface area (TPSA) is 71.8 Å². The van der Waals surface area contributed by atoms with Gasteiger partial charge in [0, 0.05) is 31.9 Å². The number of anilines is 1. The highest BCUT2D eigenvalue weighted by atomic mass is 35.5. The van der Waals surface area contributed by atoms with Crippen molar-refractivity contribution in [2.24, 2.45) is 0 Å². The summed E-state index contributed by atoms with van der Waals surface area (Å²) in [5.74, 6) is 0.601. The van der Waals surface area contributed by atoms with Crippen LogP contribution in [0.1, 0.15) is 5.56 Å². The molecule has 4 aromatic carbocycles. The van der Waals surface area contributed by atoms with E-state index in [1.165, 1.54) is 4.31 Å². The minimum absolute atomic E-state index is 0.146. The van der Waals surface area contributed by atoms with E-state index in [2.05, 4.69) is 0 Å². The quantitative estimate of drug-likeness (QED) is 0.227. The number of fused-ring (bicyclic) bond motifs is 3. The van der Waals surface area contributed by atoms with Crippen molar-refractivity contribution in [3.05, 3.63) is 101 Å². The number of hydrogen-bond acceptors (Lipinski definition) is 4. The monoisotopic (exact) mass is 568 g/mol. The molecule has 0 aliphatic heterocycles. The maximum Gasteiger partial charge on any atom is 0.264 e. The minimum atomic E-state index is -3.97. The molecule has 38 heavy (non-hydrogen) atoms. The second kappa shape index (κ2) is 10.5. The number of methoxy groups -OCH3 is 1. The van der Waals surface area contributed by atoms with E-state index in [4.69, 9.17) is 27.9 Å². The second-order valence-corrected chi connectivity index (χ2v) is 11.9. The Morgan fingerprint density at radius 3 is 1.95 bits per heavy atom. The van der Waals surface area contributed by atoms with Crippen LogP contribution >= 0.6 is 23.2 Å². The van der Waals surface area contributed by atoms with Gasteiger partial charge in [-0.05, 0) is 79.7 Å². The van der Waals surface area contributed by atoms with Crippen molar-refractivity contribution in [1.82, 2.24) is 4.57 Å². The maximum absolute atomic E-state index is 13.8. The molecule has 1 aromatic heterocycles. The van der Waals surface area contributed by atoms with Crippen LogP contribution in [0.2, 0.25) is 10.0 Å². The number of aryl methyl sites for hydroxylation is 1.